The molecule has 0 saturated heterocycles. The molecule has 2 aliphatic carbocycles. The maximum Gasteiger partial charge on any atom is 0.315 e. The van der Waals surface area contributed by atoms with E-state index in [0.717, 1.165) is 32.2 Å². The van der Waals surface area contributed by atoms with Crippen LogP contribution in [0.15, 0.2) is 24.3 Å². The number of nitrogens with one attached hydrogen (secondary N) is 3. The number of rotatable bonds is 5. The predicted molar refractivity (Wildman–Crippen MR) is 89.2 cm³/mol. The number of carbonyl (C=O) groups excluding carboxylic acids is 2. The summed E-state index contributed by atoms with van der Waals surface area (Å²) in [5.41, 5.74) is 0.430. The molecule has 1 aromatic carbocycles. The van der Waals surface area contributed by atoms with Crippen molar-refractivity contribution in [3.63, 3.8) is 0 Å². The van der Waals surface area contributed by atoms with Gasteiger partial charge in [-0.05, 0) is 55.9 Å². The van der Waals surface area contributed by atoms with Gasteiger partial charge in [0.05, 0.1) is 6.04 Å². The molecule has 1 aromatic rings. The van der Waals surface area contributed by atoms with Crippen LogP contribution >= 0.6 is 0 Å². The maximum atomic E-state index is 13.0. The minimum Gasteiger partial charge on any atom is -0.347 e. The van der Waals surface area contributed by atoms with Gasteiger partial charge in [-0.2, -0.15) is 0 Å². The summed E-state index contributed by atoms with van der Waals surface area (Å²) >= 11 is 0. The molecule has 0 aromatic heterocycles. The minimum absolute atomic E-state index is 0.0673. The van der Waals surface area contributed by atoms with Gasteiger partial charge >= 0.3 is 6.03 Å². The number of carbonyl (C=O) groups is 2. The van der Waals surface area contributed by atoms with Crippen molar-refractivity contribution in [2.75, 3.05) is 6.54 Å². The Morgan fingerprint density at radius 3 is 2.21 bits per heavy atom. The zero-order chi connectivity index (χ0) is 16.9. The normalized spacial score (nSPS) is 23.4. The first-order valence-corrected chi connectivity index (χ1v) is 8.72. The third-order valence-corrected chi connectivity index (χ3v) is 4.75. The van der Waals surface area contributed by atoms with Crippen molar-refractivity contribution in [2.45, 2.75) is 50.6 Å². The van der Waals surface area contributed by atoms with Crippen LogP contribution in [0.2, 0.25) is 0 Å². The first-order valence-electron chi connectivity index (χ1n) is 8.72. The Morgan fingerprint density at radius 1 is 0.958 bits per heavy atom. The van der Waals surface area contributed by atoms with Crippen LogP contribution in [0.5, 0.6) is 0 Å². The Labute approximate surface area is 141 Å². The molecular formula is C18H24FN3O2. The molecule has 2 atom stereocenters. The van der Waals surface area contributed by atoms with E-state index < -0.39 is 0 Å². The summed E-state index contributed by atoms with van der Waals surface area (Å²) in [7, 11) is 0. The fraction of sp³-hybridized carbons (Fsp3) is 0.556. The molecular weight excluding hydrogens is 309 g/mol. The molecule has 5 nitrogen and oxygen atoms in total. The number of hydrogen-bond acceptors (Lipinski definition) is 2. The van der Waals surface area contributed by atoms with Gasteiger partial charge in [-0.3, -0.25) is 4.79 Å². The van der Waals surface area contributed by atoms with Gasteiger partial charge in [-0.1, -0.05) is 12.8 Å². The molecule has 0 heterocycles. The smallest absolute Gasteiger partial charge is 0.315 e. The Kier molecular flexibility index (Phi) is 5.33. The van der Waals surface area contributed by atoms with Crippen LogP contribution in [0.25, 0.3) is 0 Å². The first kappa shape index (κ1) is 16.7. The van der Waals surface area contributed by atoms with Crippen molar-refractivity contribution >= 4 is 11.9 Å². The van der Waals surface area contributed by atoms with Crippen LogP contribution < -0.4 is 16.0 Å². The van der Waals surface area contributed by atoms with Gasteiger partial charge in [0.25, 0.3) is 5.91 Å². The van der Waals surface area contributed by atoms with Gasteiger partial charge in [-0.25, -0.2) is 9.18 Å². The number of amides is 3. The Morgan fingerprint density at radius 2 is 1.58 bits per heavy atom. The van der Waals surface area contributed by atoms with E-state index in [4.69, 9.17) is 0 Å². The van der Waals surface area contributed by atoms with E-state index >= 15 is 0 Å². The predicted octanol–water partition coefficient (Wildman–Crippen LogP) is 2.58. The van der Waals surface area contributed by atoms with Crippen LogP contribution in [0, 0.1) is 11.7 Å². The Bertz CT molecular complexity index is 586. The van der Waals surface area contributed by atoms with Crippen molar-refractivity contribution in [1.29, 1.82) is 0 Å². The highest BCUT2D eigenvalue weighted by Crippen LogP contribution is 2.27. The molecule has 24 heavy (non-hydrogen) atoms. The highest BCUT2D eigenvalue weighted by Gasteiger charge is 2.29. The van der Waals surface area contributed by atoms with E-state index in [1.807, 2.05) is 0 Å². The van der Waals surface area contributed by atoms with Gasteiger partial charge in [0.1, 0.15) is 5.82 Å². The number of urea groups is 1. The average Bonchev–Trinajstić information content (AvgIpc) is 3.40. The molecule has 2 unspecified atom stereocenters. The number of benzene rings is 1. The fourth-order valence-corrected chi connectivity index (χ4v) is 3.11. The maximum absolute atomic E-state index is 13.0. The van der Waals surface area contributed by atoms with E-state index in [0.29, 0.717) is 11.5 Å². The molecule has 3 N–H and O–H groups in total. The molecule has 130 valence electrons. The second kappa shape index (κ2) is 7.64. The van der Waals surface area contributed by atoms with Gasteiger partial charge < -0.3 is 16.0 Å². The topological polar surface area (TPSA) is 70.2 Å². The number of halogens is 1. The highest BCUT2D eigenvalue weighted by molar-refractivity contribution is 5.94. The lowest BCUT2D eigenvalue weighted by Crippen LogP contribution is -2.55. The average molecular weight is 333 g/mol. The summed E-state index contributed by atoms with van der Waals surface area (Å²) < 4.78 is 13.0. The third-order valence-electron chi connectivity index (χ3n) is 4.75. The molecule has 0 spiro atoms. The largest absolute Gasteiger partial charge is 0.347 e. The van der Waals surface area contributed by atoms with E-state index in [1.54, 1.807) is 0 Å². The summed E-state index contributed by atoms with van der Waals surface area (Å²) in [6.45, 7) is 0.727. The van der Waals surface area contributed by atoms with Gasteiger partial charge in [0.15, 0.2) is 0 Å². The molecule has 2 fully saturated rings. The Hall–Kier alpha value is -2.11. The molecule has 3 rings (SSSR count). The van der Waals surface area contributed by atoms with E-state index in [2.05, 4.69) is 16.0 Å². The quantitative estimate of drug-likeness (QED) is 0.775. The van der Waals surface area contributed by atoms with Crippen molar-refractivity contribution in [3.8, 4) is 0 Å². The van der Waals surface area contributed by atoms with Crippen LogP contribution in [0.3, 0.4) is 0 Å². The van der Waals surface area contributed by atoms with E-state index in [-0.39, 0.29) is 29.8 Å². The summed E-state index contributed by atoms with van der Waals surface area (Å²) in [6, 6.07) is 5.17. The molecule has 3 amide bonds. The molecule has 2 saturated carbocycles. The van der Waals surface area contributed by atoms with Crippen molar-refractivity contribution in [2.24, 2.45) is 5.92 Å². The minimum atomic E-state index is -0.365. The Balaban J connectivity index is 1.53. The lowest BCUT2D eigenvalue weighted by molar-refractivity contribution is 0.0916. The van der Waals surface area contributed by atoms with Crippen molar-refractivity contribution in [1.82, 2.24) is 16.0 Å². The zero-order valence-electron chi connectivity index (χ0n) is 13.7. The second-order valence-corrected chi connectivity index (χ2v) is 6.78. The van der Waals surface area contributed by atoms with Crippen molar-refractivity contribution < 1.29 is 14.0 Å². The molecule has 0 bridgehead atoms. The molecule has 2 aliphatic rings. The van der Waals surface area contributed by atoms with E-state index in [9.17, 15) is 14.0 Å². The number of hydrogen-bond donors (Lipinski definition) is 3. The summed E-state index contributed by atoms with van der Waals surface area (Å²) in [4.78, 5) is 24.3. The monoisotopic (exact) mass is 333 g/mol. The van der Waals surface area contributed by atoms with E-state index in [1.165, 1.54) is 37.1 Å². The second-order valence-electron chi connectivity index (χ2n) is 6.78. The van der Waals surface area contributed by atoms with Crippen LogP contribution in [0.1, 0.15) is 48.9 Å². The molecule has 0 radical (unpaired) electrons. The summed E-state index contributed by atoms with van der Waals surface area (Å²) in [5.74, 6) is 0.0410. The SMILES string of the molecule is O=C(NCC1CC1)NC1CCCCC1NC(=O)c1ccc(F)cc1. The lowest BCUT2D eigenvalue weighted by Gasteiger charge is -2.32. The van der Waals surface area contributed by atoms with Crippen LogP contribution in [-0.4, -0.2) is 30.6 Å². The van der Waals surface area contributed by atoms with Crippen molar-refractivity contribution in [3.05, 3.63) is 35.6 Å². The van der Waals surface area contributed by atoms with Crippen LogP contribution in [-0.2, 0) is 0 Å². The molecule has 0 aliphatic heterocycles. The highest BCUT2D eigenvalue weighted by atomic mass is 19.1. The molecule has 6 heteroatoms. The van der Waals surface area contributed by atoms with Gasteiger partial charge in [-0.15, -0.1) is 0 Å². The lowest BCUT2D eigenvalue weighted by atomic mass is 9.90. The van der Waals surface area contributed by atoms with Gasteiger partial charge in [0.2, 0.25) is 0 Å². The van der Waals surface area contributed by atoms with Crippen LogP contribution in [0.4, 0.5) is 9.18 Å². The first-order chi connectivity index (χ1) is 11.6. The summed E-state index contributed by atoms with van der Waals surface area (Å²) in [5, 5.41) is 8.88. The van der Waals surface area contributed by atoms with Gasteiger partial charge in [0, 0.05) is 18.2 Å². The zero-order valence-corrected chi connectivity index (χ0v) is 13.7. The standard InChI is InChI=1S/C18H24FN3O2/c19-14-9-7-13(8-10-14)17(23)21-15-3-1-2-4-16(15)22-18(24)20-11-12-5-6-12/h7-10,12,15-16H,1-6,11H2,(H,21,23)(H2,20,22,24). The summed E-state index contributed by atoms with van der Waals surface area (Å²) in [6.07, 6.45) is 6.14. The third kappa shape index (κ3) is 4.69. The fourth-order valence-electron chi connectivity index (χ4n) is 3.11.